The molecule has 2 saturated heterocycles. The number of carboxylic acids is 1. The van der Waals surface area contributed by atoms with Gasteiger partial charge >= 0.3 is 11.9 Å². The second-order valence-corrected chi connectivity index (χ2v) is 12.6. The quantitative estimate of drug-likeness (QED) is 0.254. The number of ether oxygens (including phenoxy) is 1. The minimum atomic E-state index is -1.23. The second kappa shape index (κ2) is 11.8. The van der Waals surface area contributed by atoms with Crippen molar-refractivity contribution in [3.8, 4) is 0 Å². The van der Waals surface area contributed by atoms with E-state index in [1.54, 1.807) is 25.4 Å². The molecule has 1 aromatic heterocycles. The standard InChI is InChI=1S/C27H29ClF2N6O4S2/c1-27(2,25(38)39)13-35-11-14-10-34(7-8-36(14)26(35)41)12-17-18(24(37)40-3)21(15-4-5-16(29)20(30)19(15)28)33-22(32-17)23-31-6-9-42-23/h4-6,9,14,21H,7-8,10-13H2,1-3H3,(H,32,33)(H,38,39). The number of piperazine rings is 1. The van der Waals surface area contributed by atoms with Gasteiger partial charge in [-0.15, -0.1) is 11.3 Å². The molecule has 224 valence electrons. The summed E-state index contributed by atoms with van der Waals surface area (Å²) in [7, 11) is 1.24. The van der Waals surface area contributed by atoms with E-state index in [-0.39, 0.29) is 30.3 Å². The van der Waals surface area contributed by atoms with E-state index in [1.807, 2.05) is 4.90 Å². The number of nitrogens with one attached hydrogen (secondary N) is 1. The molecule has 0 bridgehead atoms. The highest BCUT2D eigenvalue weighted by molar-refractivity contribution is 7.80. The Morgan fingerprint density at radius 1 is 1.29 bits per heavy atom. The fraction of sp³-hybridized carbons (Fsp3) is 0.444. The van der Waals surface area contributed by atoms with Crippen LogP contribution in [0.5, 0.6) is 0 Å². The monoisotopic (exact) mass is 638 g/mol. The van der Waals surface area contributed by atoms with Crippen LogP contribution in [0.25, 0.3) is 0 Å². The zero-order valence-electron chi connectivity index (χ0n) is 23.1. The van der Waals surface area contributed by atoms with E-state index < -0.39 is 40.1 Å². The maximum Gasteiger partial charge on any atom is 0.338 e. The molecule has 0 radical (unpaired) electrons. The van der Waals surface area contributed by atoms with Crippen molar-refractivity contribution < 1.29 is 28.2 Å². The molecule has 0 amide bonds. The molecular weight excluding hydrogens is 610 g/mol. The Morgan fingerprint density at radius 3 is 2.71 bits per heavy atom. The van der Waals surface area contributed by atoms with E-state index in [0.29, 0.717) is 47.8 Å². The van der Waals surface area contributed by atoms with Crippen molar-refractivity contribution >= 4 is 58.0 Å². The van der Waals surface area contributed by atoms with Crippen molar-refractivity contribution in [2.24, 2.45) is 10.4 Å². The zero-order chi connectivity index (χ0) is 30.3. The van der Waals surface area contributed by atoms with E-state index in [2.05, 4.69) is 25.1 Å². The first-order valence-corrected chi connectivity index (χ1v) is 14.8. The first kappa shape index (κ1) is 30.3. The summed E-state index contributed by atoms with van der Waals surface area (Å²) in [5.41, 5.74) is -0.246. The molecular formula is C27H29ClF2N6O4S2. The number of halogens is 3. The number of nitrogens with zero attached hydrogens (tertiary/aromatic N) is 5. The van der Waals surface area contributed by atoms with Gasteiger partial charge in [-0.1, -0.05) is 17.7 Å². The summed E-state index contributed by atoms with van der Waals surface area (Å²) in [5, 5.41) is 15.3. The normalized spacial score (nSPS) is 21.3. The third kappa shape index (κ3) is 5.72. The second-order valence-electron chi connectivity index (χ2n) is 10.9. The van der Waals surface area contributed by atoms with Gasteiger partial charge in [0.25, 0.3) is 0 Å². The first-order valence-electron chi connectivity index (χ1n) is 13.1. The van der Waals surface area contributed by atoms with E-state index in [4.69, 9.17) is 28.6 Å². The SMILES string of the molecule is COC(=O)C1=C(CN2CCN3C(=S)N(CC(C)(C)C(=O)O)CC3C2)NC(c2nccs2)=NC1c1ccc(F)c(F)c1Cl. The molecule has 10 nitrogen and oxygen atoms in total. The topological polar surface area (TPSA) is 111 Å². The number of methoxy groups -OCH3 is 1. The van der Waals surface area contributed by atoms with Gasteiger partial charge in [0.2, 0.25) is 0 Å². The average Bonchev–Trinajstić information content (AvgIpc) is 3.59. The van der Waals surface area contributed by atoms with Crippen LogP contribution in [0.15, 0.2) is 40.0 Å². The number of aromatic nitrogens is 1. The van der Waals surface area contributed by atoms with Crippen LogP contribution >= 0.6 is 35.2 Å². The molecule has 42 heavy (non-hydrogen) atoms. The highest BCUT2D eigenvalue weighted by Crippen LogP contribution is 2.38. The number of benzene rings is 1. The lowest BCUT2D eigenvalue weighted by Gasteiger charge is -2.38. The van der Waals surface area contributed by atoms with Crippen LogP contribution in [0.2, 0.25) is 5.02 Å². The van der Waals surface area contributed by atoms with E-state index >= 15 is 0 Å². The smallest absolute Gasteiger partial charge is 0.338 e. The van der Waals surface area contributed by atoms with Crippen LogP contribution in [0.1, 0.15) is 30.5 Å². The van der Waals surface area contributed by atoms with Gasteiger partial charge in [0.15, 0.2) is 27.6 Å². The van der Waals surface area contributed by atoms with Gasteiger partial charge in [0.1, 0.15) is 6.04 Å². The van der Waals surface area contributed by atoms with Gasteiger partial charge in [-0.25, -0.2) is 18.6 Å². The molecule has 0 aliphatic carbocycles. The van der Waals surface area contributed by atoms with Crippen molar-refractivity contribution in [2.45, 2.75) is 25.9 Å². The molecule has 5 rings (SSSR count). The van der Waals surface area contributed by atoms with Crippen LogP contribution < -0.4 is 5.32 Å². The van der Waals surface area contributed by atoms with Gasteiger partial charge in [0, 0.05) is 62.1 Å². The number of rotatable bonds is 8. The summed E-state index contributed by atoms with van der Waals surface area (Å²) in [6.45, 7) is 6.29. The Bertz CT molecular complexity index is 1490. The van der Waals surface area contributed by atoms with Crippen LogP contribution in [-0.2, 0) is 14.3 Å². The first-order chi connectivity index (χ1) is 19.9. The minimum absolute atomic E-state index is 0.0187. The fourth-order valence-corrected chi connectivity index (χ4v) is 6.61. The number of hydrogen-bond acceptors (Lipinski definition) is 9. The minimum Gasteiger partial charge on any atom is -0.481 e. The molecule has 2 fully saturated rings. The third-order valence-corrected chi connectivity index (χ3v) is 9.24. The Hall–Kier alpha value is -3.20. The number of aliphatic imine (C=N–C) groups is 1. The number of amidine groups is 1. The summed E-state index contributed by atoms with van der Waals surface area (Å²) in [6.07, 6.45) is 1.61. The number of aliphatic carboxylic acids is 1. The molecule has 4 heterocycles. The summed E-state index contributed by atoms with van der Waals surface area (Å²) in [4.78, 5) is 40.1. The lowest BCUT2D eigenvalue weighted by Crippen LogP contribution is -2.53. The highest BCUT2D eigenvalue weighted by atomic mass is 35.5. The van der Waals surface area contributed by atoms with Crippen LogP contribution in [0, 0.1) is 17.0 Å². The van der Waals surface area contributed by atoms with Crippen molar-refractivity contribution in [2.75, 3.05) is 46.4 Å². The van der Waals surface area contributed by atoms with Gasteiger partial charge in [-0.05, 0) is 32.1 Å². The van der Waals surface area contributed by atoms with Crippen molar-refractivity contribution in [3.05, 3.63) is 62.2 Å². The van der Waals surface area contributed by atoms with E-state index in [9.17, 15) is 23.5 Å². The summed E-state index contributed by atoms with van der Waals surface area (Å²) >= 11 is 13.3. The largest absolute Gasteiger partial charge is 0.481 e. The number of thiocarbonyl (C=S) groups is 1. The molecule has 0 spiro atoms. The number of carbonyl (C=O) groups excluding carboxylic acids is 1. The predicted molar refractivity (Wildman–Crippen MR) is 157 cm³/mol. The van der Waals surface area contributed by atoms with Crippen LogP contribution in [0.4, 0.5) is 8.78 Å². The van der Waals surface area contributed by atoms with Crippen molar-refractivity contribution in [1.29, 1.82) is 0 Å². The molecule has 15 heteroatoms. The number of hydrogen-bond donors (Lipinski definition) is 2. The zero-order valence-corrected chi connectivity index (χ0v) is 25.5. The highest BCUT2D eigenvalue weighted by Gasteiger charge is 2.42. The maximum atomic E-state index is 14.6. The molecule has 3 aliphatic heterocycles. The van der Waals surface area contributed by atoms with E-state index in [0.717, 1.165) is 6.07 Å². The molecule has 1 aromatic carbocycles. The van der Waals surface area contributed by atoms with Crippen LogP contribution in [-0.4, -0.2) is 100 Å². The Balaban J connectivity index is 1.46. The predicted octanol–water partition coefficient (Wildman–Crippen LogP) is 3.29. The number of fused-ring (bicyclic) bond motifs is 1. The summed E-state index contributed by atoms with van der Waals surface area (Å²) in [5.74, 6) is -3.56. The average molecular weight is 639 g/mol. The molecule has 2 N–H and O–H groups in total. The summed E-state index contributed by atoms with van der Waals surface area (Å²) < 4.78 is 33.6. The lowest BCUT2D eigenvalue weighted by molar-refractivity contribution is -0.147. The number of esters is 1. The van der Waals surface area contributed by atoms with Crippen molar-refractivity contribution in [1.82, 2.24) is 25.0 Å². The Labute approximate surface area is 255 Å². The third-order valence-electron chi connectivity index (χ3n) is 7.59. The van der Waals surface area contributed by atoms with Gasteiger partial charge in [-0.3, -0.25) is 14.7 Å². The van der Waals surface area contributed by atoms with Crippen LogP contribution in [0.3, 0.4) is 0 Å². The Kier molecular flexibility index (Phi) is 8.52. The lowest BCUT2D eigenvalue weighted by atomic mass is 9.93. The molecule has 0 saturated carbocycles. The van der Waals surface area contributed by atoms with Gasteiger partial charge < -0.3 is 25.0 Å². The number of carbonyl (C=O) groups is 2. The molecule has 2 unspecified atom stereocenters. The fourth-order valence-electron chi connectivity index (χ4n) is 5.38. The van der Waals surface area contributed by atoms with Crippen molar-refractivity contribution in [3.63, 3.8) is 0 Å². The molecule has 2 aromatic rings. The maximum absolute atomic E-state index is 14.6. The number of carboxylic acid groups (broad SMARTS) is 1. The van der Waals surface area contributed by atoms with Gasteiger partial charge in [-0.2, -0.15) is 0 Å². The van der Waals surface area contributed by atoms with Gasteiger partial charge in [0.05, 0.1) is 29.2 Å². The number of thiazole rings is 1. The molecule has 3 aliphatic rings. The summed E-state index contributed by atoms with van der Waals surface area (Å²) in [6, 6.07) is 1.20. The molecule has 2 atom stereocenters. The Morgan fingerprint density at radius 2 is 2.05 bits per heavy atom. The van der Waals surface area contributed by atoms with E-state index in [1.165, 1.54) is 24.5 Å².